The number of hydrogen-bond acceptors (Lipinski definition) is 2. The number of rotatable bonds is 3. The topological polar surface area (TPSA) is 26.0 Å². The van der Waals surface area contributed by atoms with E-state index in [0.29, 0.717) is 5.92 Å². The summed E-state index contributed by atoms with van der Waals surface area (Å²) in [5.74, 6) is 0.685. The van der Waals surface area contributed by atoms with Crippen molar-refractivity contribution in [3.63, 3.8) is 0 Å². The van der Waals surface area contributed by atoms with E-state index in [4.69, 9.17) is 5.73 Å². The van der Waals surface area contributed by atoms with Crippen LogP contribution >= 0.6 is 11.3 Å². The lowest BCUT2D eigenvalue weighted by atomic mass is 10.0. The average molecular weight is 169 g/mol. The van der Waals surface area contributed by atoms with Crippen LogP contribution in [0.2, 0.25) is 0 Å². The molecule has 0 aromatic carbocycles. The van der Waals surface area contributed by atoms with Gasteiger partial charge in [-0.25, -0.2) is 0 Å². The Morgan fingerprint density at radius 3 is 2.73 bits per heavy atom. The van der Waals surface area contributed by atoms with Crippen molar-refractivity contribution in [1.29, 1.82) is 0 Å². The molecule has 0 amide bonds. The lowest BCUT2D eigenvalue weighted by molar-refractivity contribution is 0.511. The summed E-state index contributed by atoms with van der Waals surface area (Å²) in [4.78, 5) is 0. The summed E-state index contributed by atoms with van der Waals surface area (Å²) in [6.07, 6.45) is 1.08. The van der Waals surface area contributed by atoms with Gasteiger partial charge in [-0.1, -0.05) is 13.8 Å². The number of thiophene rings is 1. The van der Waals surface area contributed by atoms with E-state index < -0.39 is 0 Å². The van der Waals surface area contributed by atoms with Gasteiger partial charge in [-0.15, -0.1) is 0 Å². The Morgan fingerprint density at radius 2 is 2.27 bits per heavy atom. The molecule has 11 heavy (non-hydrogen) atoms. The molecule has 1 heterocycles. The highest BCUT2D eigenvalue weighted by atomic mass is 32.1. The predicted octanol–water partition coefficient (Wildman–Crippen LogP) is 2.79. The maximum absolute atomic E-state index is 5.95. The van der Waals surface area contributed by atoms with Crippen molar-refractivity contribution in [1.82, 2.24) is 0 Å². The number of hydrogen-bond donors (Lipinski definition) is 1. The largest absolute Gasteiger partial charge is 0.324 e. The van der Waals surface area contributed by atoms with Crippen LogP contribution in [-0.4, -0.2) is 0 Å². The highest BCUT2D eigenvalue weighted by Gasteiger charge is 2.07. The first-order valence-electron chi connectivity index (χ1n) is 3.98. The molecule has 2 heteroatoms. The molecule has 1 nitrogen and oxygen atoms in total. The molecule has 0 radical (unpaired) electrons. The Hall–Kier alpha value is -0.340. The minimum Gasteiger partial charge on any atom is -0.324 e. The summed E-state index contributed by atoms with van der Waals surface area (Å²) in [7, 11) is 0. The zero-order chi connectivity index (χ0) is 8.27. The van der Waals surface area contributed by atoms with E-state index in [1.54, 1.807) is 11.3 Å². The highest BCUT2D eigenvalue weighted by Crippen LogP contribution is 2.20. The smallest absolute Gasteiger partial charge is 0.0305 e. The monoisotopic (exact) mass is 169 g/mol. The molecule has 1 aromatic heterocycles. The third-order valence-electron chi connectivity index (χ3n) is 1.70. The summed E-state index contributed by atoms with van der Waals surface area (Å²) in [6.45, 7) is 4.40. The molecule has 1 unspecified atom stereocenters. The normalized spacial score (nSPS) is 13.8. The second-order valence-electron chi connectivity index (χ2n) is 3.29. The van der Waals surface area contributed by atoms with Crippen molar-refractivity contribution in [3.05, 3.63) is 22.4 Å². The Balaban J connectivity index is 2.49. The SMILES string of the molecule is CC(C)CC(N)c1ccsc1. The van der Waals surface area contributed by atoms with Crippen molar-refractivity contribution < 1.29 is 0 Å². The first-order chi connectivity index (χ1) is 5.20. The summed E-state index contributed by atoms with van der Waals surface area (Å²) in [5, 5.41) is 4.21. The van der Waals surface area contributed by atoms with E-state index >= 15 is 0 Å². The molecule has 2 N–H and O–H groups in total. The molecule has 62 valence electrons. The molecule has 0 aliphatic heterocycles. The summed E-state index contributed by atoms with van der Waals surface area (Å²) >= 11 is 1.72. The molecule has 0 saturated carbocycles. The van der Waals surface area contributed by atoms with Crippen LogP contribution in [0.1, 0.15) is 31.9 Å². The van der Waals surface area contributed by atoms with Gasteiger partial charge in [0.05, 0.1) is 0 Å². The summed E-state index contributed by atoms with van der Waals surface area (Å²) in [6, 6.07) is 2.35. The highest BCUT2D eigenvalue weighted by molar-refractivity contribution is 7.07. The second kappa shape index (κ2) is 3.88. The first-order valence-corrected chi connectivity index (χ1v) is 4.92. The van der Waals surface area contributed by atoms with Crippen molar-refractivity contribution >= 4 is 11.3 Å². The van der Waals surface area contributed by atoms with Crippen LogP contribution in [0, 0.1) is 5.92 Å². The average Bonchev–Trinajstić information content (AvgIpc) is 2.35. The van der Waals surface area contributed by atoms with E-state index in [-0.39, 0.29) is 6.04 Å². The predicted molar refractivity (Wildman–Crippen MR) is 50.7 cm³/mol. The van der Waals surface area contributed by atoms with Gasteiger partial charge in [-0.2, -0.15) is 11.3 Å². The Kier molecular flexibility index (Phi) is 3.09. The minimum atomic E-state index is 0.237. The van der Waals surface area contributed by atoms with Crippen LogP contribution < -0.4 is 5.73 Å². The van der Waals surface area contributed by atoms with Gasteiger partial charge >= 0.3 is 0 Å². The Labute approximate surface area is 72.2 Å². The molecule has 0 aliphatic carbocycles. The van der Waals surface area contributed by atoms with Crippen LogP contribution in [0.25, 0.3) is 0 Å². The van der Waals surface area contributed by atoms with E-state index in [1.165, 1.54) is 5.56 Å². The van der Waals surface area contributed by atoms with Gasteiger partial charge in [0.15, 0.2) is 0 Å². The van der Waals surface area contributed by atoms with Crippen molar-refractivity contribution in [2.75, 3.05) is 0 Å². The standard InChI is InChI=1S/C9H15NS/c1-7(2)5-9(10)8-3-4-11-6-8/h3-4,6-7,9H,5,10H2,1-2H3. The molecular formula is C9H15NS. The Morgan fingerprint density at radius 1 is 1.55 bits per heavy atom. The molecule has 1 aromatic rings. The summed E-state index contributed by atoms with van der Waals surface area (Å²) < 4.78 is 0. The second-order valence-corrected chi connectivity index (χ2v) is 4.07. The summed E-state index contributed by atoms with van der Waals surface area (Å²) in [5.41, 5.74) is 7.23. The van der Waals surface area contributed by atoms with E-state index in [0.717, 1.165) is 6.42 Å². The van der Waals surface area contributed by atoms with Crippen LogP contribution in [-0.2, 0) is 0 Å². The molecule has 0 bridgehead atoms. The molecule has 1 atom stereocenters. The van der Waals surface area contributed by atoms with Crippen LogP contribution in [0.15, 0.2) is 16.8 Å². The van der Waals surface area contributed by atoms with Gasteiger partial charge < -0.3 is 5.73 Å². The molecule has 0 fully saturated rings. The maximum atomic E-state index is 5.95. The third kappa shape index (κ3) is 2.64. The van der Waals surface area contributed by atoms with Gasteiger partial charge in [0, 0.05) is 6.04 Å². The van der Waals surface area contributed by atoms with E-state index in [9.17, 15) is 0 Å². The molecule has 0 aliphatic rings. The minimum absolute atomic E-state index is 0.237. The zero-order valence-electron chi connectivity index (χ0n) is 7.08. The molecule has 0 saturated heterocycles. The van der Waals surface area contributed by atoms with Gasteiger partial charge in [-0.3, -0.25) is 0 Å². The van der Waals surface area contributed by atoms with E-state index in [2.05, 4.69) is 30.7 Å². The van der Waals surface area contributed by atoms with Gasteiger partial charge in [0.2, 0.25) is 0 Å². The molecule has 0 spiro atoms. The zero-order valence-corrected chi connectivity index (χ0v) is 7.90. The fraction of sp³-hybridized carbons (Fsp3) is 0.556. The van der Waals surface area contributed by atoms with Crippen LogP contribution in [0.4, 0.5) is 0 Å². The Bertz CT molecular complexity index is 191. The van der Waals surface area contributed by atoms with Gasteiger partial charge in [0.25, 0.3) is 0 Å². The van der Waals surface area contributed by atoms with Gasteiger partial charge in [-0.05, 0) is 34.7 Å². The lowest BCUT2D eigenvalue weighted by Gasteiger charge is -2.11. The fourth-order valence-corrected chi connectivity index (χ4v) is 1.85. The van der Waals surface area contributed by atoms with E-state index in [1.807, 2.05) is 0 Å². The van der Waals surface area contributed by atoms with Gasteiger partial charge in [0.1, 0.15) is 0 Å². The van der Waals surface area contributed by atoms with Crippen LogP contribution in [0.3, 0.4) is 0 Å². The molecule has 1 rings (SSSR count). The quantitative estimate of drug-likeness (QED) is 0.739. The van der Waals surface area contributed by atoms with Crippen LogP contribution in [0.5, 0.6) is 0 Å². The first kappa shape index (κ1) is 8.75. The van der Waals surface area contributed by atoms with Crippen molar-refractivity contribution in [2.24, 2.45) is 11.7 Å². The van der Waals surface area contributed by atoms with Crippen molar-refractivity contribution in [2.45, 2.75) is 26.3 Å². The third-order valence-corrected chi connectivity index (χ3v) is 2.40. The van der Waals surface area contributed by atoms with Crippen molar-refractivity contribution in [3.8, 4) is 0 Å². The number of nitrogens with two attached hydrogens (primary N) is 1. The maximum Gasteiger partial charge on any atom is 0.0305 e. The molecular weight excluding hydrogens is 154 g/mol. The fourth-order valence-electron chi connectivity index (χ4n) is 1.13. The lowest BCUT2D eigenvalue weighted by Crippen LogP contribution is -2.11.